The molecule has 1 N–H and O–H groups in total. The van der Waals surface area contributed by atoms with E-state index in [-0.39, 0.29) is 17.2 Å². The van der Waals surface area contributed by atoms with Crippen LogP contribution in [0.5, 0.6) is 0 Å². The van der Waals surface area contributed by atoms with Crippen LogP contribution < -0.4 is 5.32 Å². The molecule has 2 aromatic carbocycles. The molecule has 4 aromatic rings. The molecular formula is C18H13FN2O4S2. The van der Waals surface area contributed by atoms with Gasteiger partial charge in [0.2, 0.25) is 5.91 Å². The lowest BCUT2D eigenvalue weighted by Crippen LogP contribution is -2.13. The molecule has 0 aliphatic carbocycles. The van der Waals surface area contributed by atoms with Gasteiger partial charge in [-0.3, -0.25) is 4.79 Å². The van der Waals surface area contributed by atoms with Crippen LogP contribution >= 0.6 is 11.3 Å². The molecule has 0 spiro atoms. The molecule has 0 unspecified atom stereocenters. The van der Waals surface area contributed by atoms with Crippen LogP contribution in [0.3, 0.4) is 0 Å². The van der Waals surface area contributed by atoms with Crippen molar-refractivity contribution in [2.45, 2.75) is 11.3 Å². The Bertz CT molecular complexity index is 1290. The van der Waals surface area contributed by atoms with E-state index in [0.29, 0.717) is 31.9 Å². The number of fused-ring (bicyclic) bond motifs is 2. The van der Waals surface area contributed by atoms with Crippen LogP contribution in [0.25, 0.3) is 21.2 Å². The molecule has 9 heteroatoms. The molecule has 0 saturated heterocycles. The van der Waals surface area contributed by atoms with E-state index < -0.39 is 15.7 Å². The van der Waals surface area contributed by atoms with Gasteiger partial charge in [-0.25, -0.2) is 17.8 Å². The van der Waals surface area contributed by atoms with Gasteiger partial charge in [0.05, 0.1) is 27.8 Å². The maximum Gasteiger partial charge on any atom is 0.230 e. The number of hydrogen-bond donors (Lipinski definition) is 1. The van der Waals surface area contributed by atoms with E-state index >= 15 is 0 Å². The lowest BCUT2D eigenvalue weighted by Gasteiger charge is -2.00. The molecule has 0 saturated carbocycles. The largest absolute Gasteiger partial charge is 0.464 e. The van der Waals surface area contributed by atoms with Crippen molar-refractivity contribution >= 4 is 53.4 Å². The fourth-order valence-corrected chi connectivity index (χ4v) is 4.36. The van der Waals surface area contributed by atoms with Gasteiger partial charge in [-0.2, -0.15) is 0 Å². The second-order valence-corrected chi connectivity index (χ2v) is 9.09. The van der Waals surface area contributed by atoms with Gasteiger partial charge in [-0.05, 0) is 36.4 Å². The highest BCUT2D eigenvalue weighted by molar-refractivity contribution is 7.90. The van der Waals surface area contributed by atoms with Crippen LogP contribution in [0.2, 0.25) is 0 Å². The van der Waals surface area contributed by atoms with Gasteiger partial charge in [0.25, 0.3) is 0 Å². The SMILES string of the molecule is CS(=O)(=O)c1ccc2nc(NC(=O)Cc3coc4ccc(F)cc34)sc2c1. The molecule has 0 radical (unpaired) electrons. The molecular weight excluding hydrogens is 391 g/mol. The molecule has 6 nitrogen and oxygen atoms in total. The molecule has 2 aromatic heterocycles. The van der Waals surface area contributed by atoms with Gasteiger partial charge >= 0.3 is 0 Å². The summed E-state index contributed by atoms with van der Waals surface area (Å²) in [5.41, 5.74) is 1.67. The van der Waals surface area contributed by atoms with Crippen LogP contribution in [0, 0.1) is 5.82 Å². The molecule has 0 aliphatic rings. The Morgan fingerprint density at radius 2 is 2.07 bits per heavy atom. The van der Waals surface area contributed by atoms with E-state index in [1.807, 2.05) is 0 Å². The van der Waals surface area contributed by atoms with E-state index in [4.69, 9.17) is 4.42 Å². The van der Waals surface area contributed by atoms with Crippen molar-refractivity contribution in [3.8, 4) is 0 Å². The summed E-state index contributed by atoms with van der Waals surface area (Å²) in [6.45, 7) is 0. The summed E-state index contributed by atoms with van der Waals surface area (Å²) in [6, 6.07) is 8.75. The van der Waals surface area contributed by atoms with Crippen LogP contribution in [0.15, 0.2) is 52.0 Å². The minimum Gasteiger partial charge on any atom is -0.464 e. The molecule has 0 atom stereocenters. The fraction of sp³-hybridized carbons (Fsp3) is 0.111. The molecule has 0 bridgehead atoms. The van der Waals surface area contributed by atoms with Gasteiger partial charge < -0.3 is 9.73 Å². The Hall–Kier alpha value is -2.78. The zero-order valence-corrected chi connectivity index (χ0v) is 15.7. The number of nitrogens with zero attached hydrogens (tertiary/aromatic N) is 1. The number of carbonyl (C=O) groups is 1. The highest BCUT2D eigenvalue weighted by atomic mass is 32.2. The summed E-state index contributed by atoms with van der Waals surface area (Å²) in [5, 5.41) is 3.60. The Kier molecular flexibility index (Phi) is 4.20. The number of amides is 1. The van der Waals surface area contributed by atoms with Gasteiger partial charge in [0.15, 0.2) is 15.0 Å². The number of rotatable bonds is 4. The summed E-state index contributed by atoms with van der Waals surface area (Å²) in [4.78, 5) is 16.8. The van der Waals surface area contributed by atoms with E-state index in [0.717, 1.165) is 6.26 Å². The summed E-state index contributed by atoms with van der Waals surface area (Å²) in [6.07, 6.45) is 2.57. The summed E-state index contributed by atoms with van der Waals surface area (Å²) < 4.78 is 42.7. The molecule has 2 heterocycles. The third-order valence-electron chi connectivity index (χ3n) is 4.00. The summed E-state index contributed by atoms with van der Waals surface area (Å²) in [5.74, 6) is -0.734. The van der Waals surface area contributed by atoms with Gasteiger partial charge in [0, 0.05) is 17.2 Å². The average Bonchev–Trinajstić information content (AvgIpc) is 3.16. The van der Waals surface area contributed by atoms with Crippen molar-refractivity contribution in [2.75, 3.05) is 11.6 Å². The molecule has 4 rings (SSSR count). The zero-order valence-electron chi connectivity index (χ0n) is 14.0. The first-order chi connectivity index (χ1) is 12.8. The number of thiazole rings is 1. The van der Waals surface area contributed by atoms with Crippen molar-refractivity contribution in [2.24, 2.45) is 0 Å². The van der Waals surface area contributed by atoms with Crippen molar-refractivity contribution in [3.05, 3.63) is 54.0 Å². The first kappa shape index (κ1) is 17.6. The summed E-state index contributed by atoms with van der Waals surface area (Å²) >= 11 is 1.18. The summed E-state index contributed by atoms with van der Waals surface area (Å²) in [7, 11) is -3.32. The standard InChI is InChI=1S/C18H13FN2O4S2/c1-27(23,24)12-3-4-14-16(8-12)26-18(20-14)21-17(22)6-10-9-25-15-5-2-11(19)7-13(10)15/h2-5,7-9H,6H2,1H3,(H,20,21,22). The van der Waals surface area contributed by atoms with Crippen LogP contribution in [-0.2, 0) is 21.1 Å². The smallest absolute Gasteiger partial charge is 0.230 e. The maximum atomic E-state index is 13.4. The monoisotopic (exact) mass is 404 g/mol. The Labute approximate surface area is 157 Å². The first-order valence-electron chi connectivity index (χ1n) is 7.86. The van der Waals surface area contributed by atoms with E-state index in [1.54, 1.807) is 6.07 Å². The molecule has 0 fully saturated rings. The minimum atomic E-state index is -3.32. The van der Waals surface area contributed by atoms with Crippen LogP contribution in [0.4, 0.5) is 9.52 Å². The number of furan rings is 1. The number of nitrogens with one attached hydrogen (secondary N) is 1. The number of halogens is 1. The maximum absolute atomic E-state index is 13.4. The van der Waals surface area contributed by atoms with Crippen molar-refractivity contribution in [1.29, 1.82) is 0 Å². The first-order valence-corrected chi connectivity index (χ1v) is 10.6. The quantitative estimate of drug-likeness (QED) is 0.559. The van der Waals surface area contributed by atoms with Crippen molar-refractivity contribution < 1.29 is 22.0 Å². The Morgan fingerprint density at radius 1 is 1.26 bits per heavy atom. The lowest BCUT2D eigenvalue weighted by atomic mass is 10.1. The second-order valence-electron chi connectivity index (χ2n) is 6.05. The third kappa shape index (κ3) is 3.56. The minimum absolute atomic E-state index is 0.000960. The van der Waals surface area contributed by atoms with Gasteiger partial charge in [0.1, 0.15) is 11.4 Å². The predicted molar refractivity (Wildman–Crippen MR) is 101 cm³/mol. The molecule has 1 amide bonds. The normalized spacial score (nSPS) is 11.9. The molecule has 138 valence electrons. The number of sulfone groups is 1. The highest BCUT2D eigenvalue weighted by Crippen LogP contribution is 2.29. The van der Waals surface area contributed by atoms with Crippen molar-refractivity contribution in [3.63, 3.8) is 0 Å². The predicted octanol–water partition coefficient (Wildman–Crippen LogP) is 3.77. The molecule has 27 heavy (non-hydrogen) atoms. The Morgan fingerprint density at radius 3 is 2.85 bits per heavy atom. The topological polar surface area (TPSA) is 89.3 Å². The van der Waals surface area contributed by atoms with Crippen LogP contribution in [-0.4, -0.2) is 25.6 Å². The fourth-order valence-electron chi connectivity index (χ4n) is 2.72. The van der Waals surface area contributed by atoms with E-state index in [9.17, 15) is 17.6 Å². The zero-order chi connectivity index (χ0) is 19.2. The van der Waals surface area contributed by atoms with E-state index in [1.165, 1.54) is 47.9 Å². The number of anilines is 1. The highest BCUT2D eigenvalue weighted by Gasteiger charge is 2.14. The second kappa shape index (κ2) is 6.43. The Balaban J connectivity index is 1.56. The van der Waals surface area contributed by atoms with Gasteiger partial charge in [-0.15, -0.1) is 0 Å². The van der Waals surface area contributed by atoms with Crippen LogP contribution in [0.1, 0.15) is 5.56 Å². The van der Waals surface area contributed by atoms with E-state index in [2.05, 4.69) is 10.3 Å². The van der Waals surface area contributed by atoms with Crippen molar-refractivity contribution in [1.82, 2.24) is 4.98 Å². The number of benzene rings is 2. The molecule has 0 aliphatic heterocycles. The number of carbonyl (C=O) groups excluding carboxylic acids is 1. The number of hydrogen-bond acceptors (Lipinski definition) is 6. The number of aromatic nitrogens is 1. The average molecular weight is 404 g/mol. The third-order valence-corrected chi connectivity index (χ3v) is 6.04. The van der Waals surface area contributed by atoms with Gasteiger partial charge in [-0.1, -0.05) is 11.3 Å². The lowest BCUT2D eigenvalue weighted by molar-refractivity contribution is -0.115.